The molecule has 3 nitrogen and oxygen atoms in total. The van der Waals surface area contributed by atoms with Gasteiger partial charge < -0.3 is 10.1 Å². The number of halogens is 1. The van der Waals surface area contributed by atoms with E-state index in [1.54, 1.807) is 24.3 Å². The van der Waals surface area contributed by atoms with Gasteiger partial charge in [-0.15, -0.1) is 0 Å². The van der Waals surface area contributed by atoms with Gasteiger partial charge >= 0.3 is 0 Å². The van der Waals surface area contributed by atoms with Crippen molar-refractivity contribution in [3.05, 3.63) is 59.4 Å². The van der Waals surface area contributed by atoms with Crippen LogP contribution in [0.2, 0.25) is 0 Å². The molecule has 1 N–H and O–H groups in total. The molecule has 0 aliphatic rings. The molecule has 0 unspecified atom stereocenters. The molecular formula is C16H15FN2O. The van der Waals surface area contributed by atoms with E-state index in [4.69, 9.17) is 10.00 Å². The van der Waals surface area contributed by atoms with Crippen molar-refractivity contribution in [3.8, 4) is 11.8 Å². The first kappa shape index (κ1) is 13.9. The van der Waals surface area contributed by atoms with Crippen molar-refractivity contribution in [2.45, 2.75) is 13.5 Å². The Morgan fingerprint density at radius 2 is 1.95 bits per heavy atom. The lowest BCUT2D eigenvalue weighted by Crippen LogP contribution is -2.01. The number of ether oxygens (including phenoxy) is 1. The van der Waals surface area contributed by atoms with Gasteiger partial charge in [0.25, 0.3) is 0 Å². The minimum absolute atomic E-state index is 0.261. The predicted octanol–water partition coefficient (Wildman–Crippen LogP) is 3.71. The lowest BCUT2D eigenvalue weighted by atomic mass is 10.1. The van der Waals surface area contributed by atoms with Crippen LogP contribution in [0.4, 0.5) is 10.1 Å². The highest BCUT2D eigenvalue weighted by molar-refractivity contribution is 5.48. The Bertz CT molecular complexity index is 617. The Balaban J connectivity index is 1.99. The summed E-state index contributed by atoms with van der Waals surface area (Å²) in [6.45, 7) is 2.82. The fraction of sp³-hybridized carbons (Fsp3) is 0.188. The summed E-state index contributed by atoms with van der Waals surface area (Å²) in [5, 5.41) is 11.8. The van der Waals surface area contributed by atoms with Crippen LogP contribution in [0.15, 0.2) is 42.5 Å². The second-order valence-corrected chi connectivity index (χ2v) is 4.24. The molecule has 0 spiro atoms. The molecule has 2 aromatic rings. The summed E-state index contributed by atoms with van der Waals surface area (Å²) >= 11 is 0. The second kappa shape index (κ2) is 6.58. The molecule has 0 aliphatic carbocycles. The van der Waals surface area contributed by atoms with E-state index >= 15 is 0 Å². The van der Waals surface area contributed by atoms with Crippen molar-refractivity contribution < 1.29 is 9.13 Å². The first-order valence-corrected chi connectivity index (χ1v) is 6.38. The summed E-state index contributed by atoms with van der Waals surface area (Å²) in [5.74, 6) is -0.117. The Hall–Kier alpha value is -2.54. The average molecular weight is 270 g/mol. The van der Waals surface area contributed by atoms with Gasteiger partial charge in [0.1, 0.15) is 0 Å². The van der Waals surface area contributed by atoms with E-state index in [0.29, 0.717) is 24.4 Å². The molecule has 0 bridgehead atoms. The van der Waals surface area contributed by atoms with Crippen LogP contribution in [0.5, 0.6) is 5.75 Å². The summed E-state index contributed by atoms with van der Waals surface area (Å²) in [7, 11) is 0. The van der Waals surface area contributed by atoms with Crippen molar-refractivity contribution in [1.29, 1.82) is 5.26 Å². The third kappa shape index (κ3) is 3.48. The molecule has 0 aromatic heterocycles. The van der Waals surface area contributed by atoms with Gasteiger partial charge in [-0.2, -0.15) is 5.26 Å². The van der Waals surface area contributed by atoms with Crippen LogP contribution in [0.25, 0.3) is 0 Å². The third-order valence-corrected chi connectivity index (χ3v) is 2.81. The van der Waals surface area contributed by atoms with Gasteiger partial charge in [-0.25, -0.2) is 4.39 Å². The van der Waals surface area contributed by atoms with Crippen LogP contribution in [0, 0.1) is 17.1 Å². The molecule has 4 heteroatoms. The maximum atomic E-state index is 13.7. The number of nitrogens with one attached hydrogen (secondary N) is 1. The van der Waals surface area contributed by atoms with Crippen molar-refractivity contribution in [2.75, 3.05) is 11.9 Å². The molecule has 20 heavy (non-hydrogen) atoms. The maximum Gasteiger partial charge on any atom is 0.167 e. The van der Waals surface area contributed by atoms with E-state index in [1.807, 2.05) is 19.1 Å². The molecule has 0 heterocycles. The second-order valence-electron chi connectivity index (χ2n) is 4.24. The van der Waals surface area contributed by atoms with Crippen LogP contribution in [0.3, 0.4) is 0 Å². The number of anilines is 1. The zero-order valence-corrected chi connectivity index (χ0v) is 11.2. The highest BCUT2D eigenvalue weighted by atomic mass is 19.1. The fourth-order valence-corrected chi connectivity index (χ4v) is 1.78. The Kier molecular flexibility index (Phi) is 4.56. The normalized spacial score (nSPS) is 9.85. The number of benzene rings is 2. The molecule has 0 aliphatic heterocycles. The molecule has 102 valence electrons. The predicted molar refractivity (Wildman–Crippen MR) is 76.1 cm³/mol. The number of nitrogens with zero attached hydrogens (tertiary/aromatic N) is 1. The van der Waals surface area contributed by atoms with E-state index in [9.17, 15) is 4.39 Å². The third-order valence-electron chi connectivity index (χ3n) is 2.81. The van der Waals surface area contributed by atoms with Crippen molar-refractivity contribution in [1.82, 2.24) is 0 Å². The molecule has 0 atom stereocenters. The summed E-state index contributed by atoms with van der Waals surface area (Å²) in [6.07, 6.45) is 0. The molecule has 0 radical (unpaired) electrons. The van der Waals surface area contributed by atoms with Gasteiger partial charge in [-0.05, 0) is 36.8 Å². The molecule has 0 fully saturated rings. The first-order valence-electron chi connectivity index (χ1n) is 6.38. The summed E-state index contributed by atoms with van der Waals surface area (Å²) in [4.78, 5) is 0. The van der Waals surface area contributed by atoms with Crippen LogP contribution >= 0.6 is 0 Å². The molecule has 0 saturated heterocycles. The highest BCUT2D eigenvalue weighted by Gasteiger charge is 2.04. The zero-order valence-electron chi connectivity index (χ0n) is 11.2. The number of hydrogen-bond acceptors (Lipinski definition) is 3. The van der Waals surface area contributed by atoms with Crippen LogP contribution < -0.4 is 10.1 Å². The zero-order chi connectivity index (χ0) is 14.4. The smallest absolute Gasteiger partial charge is 0.167 e. The Morgan fingerprint density at radius 3 is 2.55 bits per heavy atom. The number of hydrogen-bond donors (Lipinski definition) is 1. The lowest BCUT2D eigenvalue weighted by molar-refractivity contribution is 0.321. The van der Waals surface area contributed by atoms with Gasteiger partial charge in [-0.1, -0.05) is 12.1 Å². The number of rotatable bonds is 5. The van der Waals surface area contributed by atoms with Crippen molar-refractivity contribution in [3.63, 3.8) is 0 Å². The fourth-order valence-electron chi connectivity index (χ4n) is 1.78. The maximum absolute atomic E-state index is 13.7. The van der Waals surface area contributed by atoms with Crippen molar-refractivity contribution in [2.24, 2.45) is 0 Å². The Morgan fingerprint density at radius 1 is 1.20 bits per heavy atom. The molecule has 2 rings (SSSR count). The van der Waals surface area contributed by atoms with Gasteiger partial charge in [0.2, 0.25) is 0 Å². The summed E-state index contributed by atoms with van der Waals surface area (Å²) < 4.78 is 18.8. The van der Waals surface area contributed by atoms with Crippen LogP contribution in [-0.2, 0) is 6.54 Å². The lowest BCUT2D eigenvalue weighted by Gasteiger charge is -2.09. The van der Waals surface area contributed by atoms with Crippen molar-refractivity contribution >= 4 is 5.69 Å². The standard InChI is InChI=1S/C16H15FN2O/c1-2-20-16-8-7-14(9-15(16)17)19-11-13-5-3-12(10-18)4-6-13/h3-9,19H,2,11H2,1H3. The number of nitriles is 1. The van der Waals surface area contributed by atoms with E-state index in [0.717, 1.165) is 5.56 Å². The van der Waals surface area contributed by atoms with Gasteiger partial charge in [0, 0.05) is 18.3 Å². The van der Waals surface area contributed by atoms with Gasteiger partial charge in [0.05, 0.1) is 18.2 Å². The quantitative estimate of drug-likeness (QED) is 0.900. The van der Waals surface area contributed by atoms with Crippen LogP contribution in [0.1, 0.15) is 18.1 Å². The molecule has 0 saturated carbocycles. The van der Waals surface area contributed by atoms with E-state index in [2.05, 4.69) is 11.4 Å². The van der Waals surface area contributed by atoms with E-state index < -0.39 is 0 Å². The Labute approximate surface area is 117 Å². The van der Waals surface area contributed by atoms with E-state index in [1.165, 1.54) is 6.07 Å². The minimum Gasteiger partial charge on any atom is -0.491 e. The summed E-state index contributed by atoms with van der Waals surface area (Å²) in [5.41, 5.74) is 2.34. The first-order chi connectivity index (χ1) is 9.72. The van der Waals surface area contributed by atoms with E-state index in [-0.39, 0.29) is 11.6 Å². The summed E-state index contributed by atoms with van der Waals surface area (Å²) in [6, 6.07) is 14.1. The largest absolute Gasteiger partial charge is 0.491 e. The molecule has 0 amide bonds. The van der Waals surface area contributed by atoms with Gasteiger partial charge in [-0.3, -0.25) is 0 Å². The van der Waals surface area contributed by atoms with Crippen LogP contribution in [-0.4, -0.2) is 6.61 Å². The monoisotopic (exact) mass is 270 g/mol. The highest BCUT2D eigenvalue weighted by Crippen LogP contribution is 2.21. The molecule has 2 aromatic carbocycles. The topological polar surface area (TPSA) is 45.0 Å². The SMILES string of the molecule is CCOc1ccc(NCc2ccc(C#N)cc2)cc1F. The van der Waals surface area contributed by atoms with Gasteiger partial charge in [0.15, 0.2) is 11.6 Å². The molecular weight excluding hydrogens is 255 g/mol. The minimum atomic E-state index is -0.378. The average Bonchev–Trinajstić information content (AvgIpc) is 2.48.